The van der Waals surface area contributed by atoms with Crippen LogP contribution >= 0.6 is 11.8 Å². The third-order valence-corrected chi connectivity index (χ3v) is 4.80. The second kappa shape index (κ2) is 7.11. The summed E-state index contributed by atoms with van der Waals surface area (Å²) in [7, 11) is 0. The third kappa shape index (κ3) is 4.08. The molecule has 2 N–H and O–H groups in total. The van der Waals surface area contributed by atoms with E-state index in [0.29, 0.717) is 11.3 Å². The second-order valence-electron chi connectivity index (χ2n) is 6.79. The van der Waals surface area contributed by atoms with Gasteiger partial charge in [0.2, 0.25) is 5.91 Å². The van der Waals surface area contributed by atoms with Gasteiger partial charge in [0.25, 0.3) is 0 Å². The predicted molar refractivity (Wildman–Crippen MR) is 91.7 cm³/mol. The summed E-state index contributed by atoms with van der Waals surface area (Å²) >= 11 is 1.33. The topological polar surface area (TPSA) is 72.6 Å². The van der Waals surface area contributed by atoms with Gasteiger partial charge >= 0.3 is 5.97 Å². The van der Waals surface area contributed by atoms with Crippen LogP contribution in [0.4, 0.5) is 4.39 Å². The largest absolute Gasteiger partial charge is 0.458 e. The molecule has 0 radical (unpaired) electrons. The van der Waals surface area contributed by atoms with Crippen molar-refractivity contribution in [1.29, 1.82) is 0 Å². The lowest BCUT2D eigenvalue weighted by Gasteiger charge is -2.31. The van der Waals surface area contributed by atoms with Gasteiger partial charge in [0, 0.05) is 11.3 Å². The third-order valence-electron chi connectivity index (χ3n) is 3.49. The number of carbonyl (C=O) groups excluding carboxylic acids is 2. The molecule has 1 aliphatic heterocycles. The van der Waals surface area contributed by atoms with Crippen LogP contribution in [0.3, 0.4) is 0 Å². The molecular weight excluding hydrogens is 331 g/mol. The molecule has 0 saturated carbocycles. The van der Waals surface area contributed by atoms with Gasteiger partial charge in [-0.15, -0.1) is 11.8 Å². The molecule has 2 rings (SSSR count). The number of hydrogen-bond acceptors (Lipinski definition) is 5. The standard InChI is InChI=1S/C17H23FN2O3S/c1-10(19)14(21)20-13(16(22)23-17(2,3)4)9-24-15(20)11-7-5-6-8-12(11)18/h5-8,10,13,15H,9,19H2,1-4H3/t10-,13-,15+/m0/s1. The molecule has 1 fully saturated rings. The summed E-state index contributed by atoms with van der Waals surface area (Å²) in [6.45, 7) is 6.84. The lowest BCUT2D eigenvalue weighted by Crippen LogP contribution is -2.50. The van der Waals surface area contributed by atoms with Crippen LogP contribution in [0.2, 0.25) is 0 Å². The average molecular weight is 354 g/mol. The first kappa shape index (κ1) is 18.7. The summed E-state index contributed by atoms with van der Waals surface area (Å²) in [6.07, 6.45) is 0. The maximum Gasteiger partial charge on any atom is 0.330 e. The molecule has 0 unspecified atom stereocenters. The van der Waals surface area contributed by atoms with Crippen LogP contribution in [-0.4, -0.2) is 40.2 Å². The van der Waals surface area contributed by atoms with E-state index in [1.54, 1.807) is 45.9 Å². The molecule has 7 heteroatoms. The van der Waals surface area contributed by atoms with E-state index in [9.17, 15) is 14.0 Å². The van der Waals surface area contributed by atoms with E-state index in [4.69, 9.17) is 10.5 Å². The Morgan fingerprint density at radius 1 is 1.38 bits per heavy atom. The van der Waals surface area contributed by atoms with Crippen LogP contribution in [0, 0.1) is 5.82 Å². The molecule has 5 nitrogen and oxygen atoms in total. The van der Waals surface area contributed by atoms with Gasteiger partial charge in [-0.05, 0) is 33.8 Å². The Balaban J connectivity index is 2.35. The monoisotopic (exact) mass is 354 g/mol. The lowest BCUT2D eigenvalue weighted by molar-refractivity contribution is -0.163. The van der Waals surface area contributed by atoms with Gasteiger partial charge < -0.3 is 15.4 Å². The number of halogens is 1. The minimum Gasteiger partial charge on any atom is -0.458 e. The summed E-state index contributed by atoms with van der Waals surface area (Å²) < 4.78 is 19.6. The molecular formula is C17H23FN2O3S. The summed E-state index contributed by atoms with van der Waals surface area (Å²) in [5.41, 5.74) is 5.44. The Hall–Kier alpha value is -1.60. The van der Waals surface area contributed by atoms with Gasteiger partial charge in [-0.25, -0.2) is 9.18 Å². The summed E-state index contributed by atoms with van der Waals surface area (Å²) in [6, 6.07) is 4.67. The molecule has 1 aliphatic rings. The highest BCUT2D eigenvalue weighted by molar-refractivity contribution is 7.99. The zero-order chi connectivity index (χ0) is 18.1. The summed E-state index contributed by atoms with van der Waals surface area (Å²) in [5.74, 6) is -0.971. The van der Waals surface area contributed by atoms with Crippen molar-refractivity contribution in [2.75, 3.05) is 5.75 Å². The van der Waals surface area contributed by atoms with E-state index in [2.05, 4.69) is 0 Å². The van der Waals surface area contributed by atoms with Crippen molar-refractivity contribution in [3.05, 3.63) is 35.6 Å². The minimum absolute atomic E-state index is 0.340. The van der Waals surface area contributed by atoms with E-state index in [0.717, 1.165) is 0 Å². The predicted octanol–water partition coefficient (Wildman–Crippen LogP) is 2.46. The fourth-order valence-corrected chi connectivity index (χ4v) is 3.92. The molecule has 1 aromatic rings. The van der Waals surface area contributed by atoms with E-state index in [-0.39, 0.29) is 0 Å². The van der Waals surface area contributed by atoms with Gasteiger partial charge in [-0.2, -0.15) is 0 Å². The average Bonchev–Trinajstić information content (AvgIpc) is 2.89. The van der Waals surface area contributed by atoms with Crippen molar-refractivity contribution in [3.63, 3.8) is 0 Å². The Labute approximate surface area is 145 Å². The van der Waals surface area contributed by atoms with E-state index >= 15 is 0 Å². The number of benzene rings is 1. The number of ether oxygens (including phenoxy) is 1. The van der Waals surface area contributed by atoms with Crippen LogP contribution in [-0.2, 0) is 14.3 Å². The maximum atomic E-state index is 14.2. The van der Waals surface area contributed by atoms with E-state index in [1.165, 1.54) is 22.7 Å². The highest BCUT2D eigenvalue weighted by Gasteiger charge is 2.45. The molecule has 1 aromatic carbocycles. The summed E-state index contributed by atoms with van der Waals surface area (Å²) in [5, 5.41) is -0.595. The minimum atomic E-state index is -0.789. The van der Waals surface area contributed by atoms with Gasteiger partial charge in [-0.1, -0.05) is 18.2 Å². The van der Waals surface area contributed by atoms with Crippen molar-refractivity contribution in [2.24, 2.45) is 5.73 Å². The Bertz CT molecular complexity index is 631. The molecule has 0 spiro atoms. The number of esters is 1. The summed E-state index contributed by atoms with van der Waals surface area (Å²) in [4.78, 5) is 26.4. The van der Waals surface area contributed by atoms with Crippen LogP contribution in [0.5, 0.6) is 0 Å². The fourth-order valence-electron chi connectivity index (χ4n) is 2.48. The molecule has 0 aliphatic carbocycles. The molecule has 1 amide bonds. The van der Waals surface area contributed by atoms with Crippen LogP contribution in [0.1, 0.15) is 38.6 Å². The first-order valence-electron chi connectivity index (χ1n) is 7.78. The number of hydrogen-bond donors (Lipinski definition) is 1. The van der Waals surface area contributed by atoms with Crippen molar-refractivity contribution in [1.82, 2.24) is 4.90 Å². The quantitative estimate of drug-likeness (QED) is 0.844. The molecule has 24 heavy (non-hydrogen) atoms. The second-order valence-corrected chi connectivity index (χ2v) is 7.90. The molecule has 132 valence electrons. The zero-order valence-corrected chi connectivity index (χ0v) is 15.1. The van der Waals surface area contributed by atoms with Gasteiger partial charge in [0.15, 0.2) is 0 Å². The molecule has 1 heterocycles. The SMILES string of the molecule is C[C@H](N)C(=O)N1[C@@H](c2ccccc2F)SC[C@H]1C(=O)OC(C)(C)C. The van der Waals surface area contributed by atoms with Crippen LogP contribution in [0.15, 0.2) is 24.3 Å². The molecule has 3 atom stereocenters. The van der Waals surface area contributed by atoms with Crippen molar-refractivity contribution < 1.29 is 18.7 Å². The van der Waals surface area contributed by atoms with Crippen molar-refractivity contribution in [3.8, 4) is 0 Å². The highest BCUT2D eigenvalue weighted by Crippen LogP contribution is 2.43. The lowest BCUT2D eigenvalue weighted by atomic mass is 10.1. The smallest absolute Gasteiger partial charge is 0.330 e. The van der Waals surface area contributed by atoms with Gasteiger partial charge in [0.05, 0.1) is 6.04 Å². The Morgan fingerprint density at radius 2 is 2.00 bits per heavy atom. The van der Waals surface area contributed by atoms with Gasteiger partial charge in [0.1, 0.15) is 22.8 Å². The zero-order valence-electron chi connectivity index (χ0n) is 14.3. The van der Waals surface area contributed by atoms with Crippen LogP contribution < -0.4 is 5.73 Å². The Kier molecular flexibility index (Phi) is 5.55. The number of nitrogens with two attached hydrogens (primary N) is 1. The fraction of sp³-hybridized carbons (Fsp3) is 0.529. The number of carbonyl (C=O) groups is 2. The molecule has 1 saturated heterocycles. The van der Waals surface area contributed by atoms with Crippen LogP contribution in [0.25, 0.3) is 0 Å². The number of amides is 1. The number of thioether (sulfide) groups is 1. The molecule has 0 aromatic heterocycles. The maximum absolute atomic E-state index is 14.2. The first-order valence-corrected chi connectivity index (χ1v) is 8.83. The number of nitrogens with zero attached hydrogens (tertiary/aromatic N) is 1. The highest BCUT2D eigenvalue weighted by atomic mass is 32.2. The van der Waals surface area contributed by atoms with Gasteiger partial charge in [-0.3, -0.25) is 4.79 Å². The molecule has 0 bridgehead atoms. The number of rotatable bonds is 3. The van der Waals surface area contributed by atoms with Crippen molar-refractivity contribution in [2.45, 2.75) is 50.8 Å². The van der Waals surface area contributed by atoms with E-state index in [1.807, 2.05) is 0 Å². The normalized spacial score (nSPS) is 22.3. The Morgan fingerprint density at radius 3 is 2.54 bits per heavy atom. The van der Waals surface area contributed by atoms with E-state index < -0.39 is 40.8 Å². The first-order chi connectivity index (χ1) is 11.1. The van der Waals surface area contributed by atoms with Crippen molar-refractivity contribution >= 4 is 23.6 Å².